The van der Waals surface area contributed by atoms with Crippen LogP contribution in [0.2, 0.25) is 0 Å². The molecule has 0 aromatic carbocycles. The fraction of sp³-hybridized carbons (Fsp3) is 0.600. The Hall–Kier alpha value is -2.42. The van der Waals surface area contributed by atoms with Crippen molar-refractivity contribution in [1.29, 1.82) is 0 Å². The van der Waals surface area contributed by atoms with E-state index in [1.807, 2.05) is 0 Å². The molecule has 2 amide bonds. The van der Waals surface area contributed by atoms with Gasteiger partial charge in [0.1, 0.15) is 11.0 Å². The molecule has 1 aliphatic heterocycles. The molecule has 2 fully saturated rings. The number of hydrogen-bond acceptors (Lipinski definition) is 6. The number of anilines is 1. The lowest BCUT2D eigenvalue weighted by Gasteiger charge is -2.21. The van der Waals surface area contributed by atoms with E-state index in [9.17, 15) is 14.7 Å². The molecular formula is C20H24N4O4S. The van der Waals surface area contributed by atoms with Gasteiger partial charge in [-0.15, -0.1) is 11.3 Å². The number of likely N-dealkylation sites (tertiary alicyclic amines) is 1. The number of thiophene rings is 1. The molecule has 2 aromatic rings. The normalized spacial score (nSPS) is 21.7. The minimum atomic E-state index is -0.953. The Morgan fingerprint density at radius 3 is 2.76 bits per heavy atom. The molecule has 5 rings (SSSR count). The lowest BCUT2D eigenvalue weighted by Crippen LogP contribution is -2.42. The molecule has 0 spiro atoms. The second-order valence-corrected chi connectivity index (χ2v) is 9.23. The summed E-state index contributed by atoms with van der Waals surface area (Å²) in [6, 6.07) is -1.13. The zero-order valence-corrected chi connectivity index (χ0v) is 17.0. The fourth-order valence-electron chi connectivity index (χ4n) is 4.34. The summed E-state index contributed by atoms with van der Waals surface area (Å²) in [5, 5.41) is 17.2. The summed E-state index contributed by atoms with van der Waals surface area (Å²) < 4.78 is 5.61. The summed E-state index contributed by atoms with van der Waals surface area (Å²) >= 11 is 1.57. The largest absolute Gasteiger partial charge is 0.480 e. The molecule has 9 heteroatoms. The highest BCUT2D eigenvalue weighted by Crippen LogP contribution is 2.45. The molecule has 154 valence electrons. The summed E-state index contributed by atoms with van der Waals surface area (Å²) in [7, 11) is 0. The molecule has 1 saturated carbocycles. The lowest BCUT2D eigenvalue weighted by molar-refractivity contribution is -0.141. The van der Waals surface area contributed by atoms with Gasteiger partial charge < -0.3 is 14.5 Å². The van der Waals surface area contributed by atoms with Gasteiger partial charge in [-0.3, -0.25) is 5.32 Å². The highest BCUT2D eigenvalue weighted by Gasteiger charge is 2.36. The van der Waals surface area contributed by atoms with Crippen molar-refractivity contribution in [3.05, 3.63) is 16.3 Å². The predicted octanol–water partition coefficient (Wildman–Crippen LogP) is 4.03. The summed E-state index contributed by atoms with van der Waals surface area (Å²) in [5.74, 6) is 0.656. The van der Waals surface area contributed by atoms with Crippen LogP contribution in [0.1, 0.15) is 67.1 Å². The predicted molar refractivity (Wildman–Crippen MR) is 107 cm³/mol. The van der Waals surface area contributed by atoms with Gasteiger partial charge in [-0.1, -0.05) is 11.6 Å². The Morgan fingerprint density at radius 1 is 1.14 bits per heavy atom. The average Bonchev–Trinajstić information content (AvgIpc) is 3.16. The van der Waals surface area contributed by atoms with E-state index in [0.29, 0.717) is 36.2 Å². The summed E-state index contributed by atoms with van der Waals surface area (Å²) in [6.07, 6.45) is 8.70. The SMILES string of the molecule is O=C(O)[C@@H]1CCCN1C(=O)Nc1sc2c(c1-c1nc(C3CC3)no1)CCCCC2. The van der Waals surface area contributed by atoms with Crippen molar-refractivity contribution in [1.82, 2.24) is 15.0 Å². The summed E-state index contributed by atoms with van der Waals surface area (Å²) in [4.78, 5) is 31.7. The second kappa shape index (κ2) is 7.44. The third-order valence-electron chi connectivity index (χ3n) is 6.04. The number of urea groups is 1. The van der Waals surface area contributed by atoms with Gasteiger partial charge in [-0.2, -0.15) is 4.98 Å². The lowest BCUT2D eigenvalue weighted by atomic mass is 10.1. The highest BCUT2D eigenvalue weighted by molar-refractivity contribution is 7.17. The van der Waals surface area contributed by atoms with Crippen molar-refractivity contribution in [2.75, 3.05) is 11.9 Å². The second-order valence-electron chi connectivity index (χ2n) is 8.12. The molecule has 29 heavy (non-hydrogen) atoms. The molecule has 2 N–H and O–H groups in total. The van der Waals surface area contributed by atoms with Crippen LogP contribution < -0.4 is 5.32 Å². The molecule has 1 saturated heterocycles. The van der Waals surface area contributed by atoms with Gasteiger partial charge in [-0.05, 0) is 56.9 Å². The first-order valence-electron chi connectivity index (χ1n) is 10.4. The monoisotopic (exact) mass is 416 g/mol. The molecule has 2 aliphatic carbocycles. The first kappa shape index (κ1) is 18.6. The number of carbonyl (C=O) groups excluding carboxylic acids is 1. The third-order valence-corrected chi connectivity index (χ3v) is 7.25. The smallest absolute Gasteiger partial charge is 0.326 e. The highest BCUT2D eigenvalue weighted by atomic mass is 32.1. The van der Waals surface area contributed by atoms with E-state index in [2.05, 4.69) is 15.5 Å². The van der Waals surface area contributed by atoms with Crippen molar-refractivity contribution >= 4 is 28.3 Å². The van der Waals surface area contributed by atoms with Gasteiger partial charge in [0.25, 0.3) is 5.89 Å². The number of aryl methyl sites for hydroxylation is 1. The fourth-order valence-corrected chi connectivity index (χ4v) is 5.61. The Bertz CT molecular complexity index is 948. The third kappa shape index (κ3) is 3.52. The van der Waals surface area contributed by atoms with Crippen LogP contribution >= 0.6 is 11.3 Å². The van der Waals surface area contributed by atoms with E-state index in [1.165, 1.54) is 21.8 Å². The number of fused-ring (bicyclic) bond motifs is 1. The van der Waals surface area contributed by atoms with Gasteiger partial charge in [0.2, 0.25) is 0 Å². The summed E-state index contributed by atoms with van der Waals surface area (Å²) in [6.45, 7) is 0.454. The molecule has 8 nitrogen and oxygen atoms in total. The number of aliphatic carboxylic acids is 1. The number of carboxylic acid groups (broad SMARTS) is 1. The van der Waals surface area contributed by atoms with Crippen LogP contribution in [-0.4, -0.2) is 44.7 Å². The first-order valence-corrected chi connectivity index (χ1v) is 11.2. The summed E-state index contributed by atoms with van der Waals surface area (Å²) in [5.41, 5.74) is 2.04. The maximum absolute atomic E-state index is 12.9. The zero-order valence-electron chi connectivity index (χ0n) is 16.1. The zero-order chi connectivity index (χ0) is 20.0. The van der Waals surface area contributed by atoms with Crippen LogP contribution in [0.25, 0.3) is 11.5 Å². The van der Waals surface area contributed by atoms with Gasteiger partial charge in [-0.25, -0.2) is 9.59 Å². The van der Waals surface area contributed by atoms with E-state index in [1.54, 1.807) is 11.3 Å². The number of carbonyl (C=O) groups is 2. The van der Waals surface area contributed by atoms with Gasteiger partial charge in [0, 0.05) is 17.3 Å². The number of nitrogens with one attached hydrogen (secondary N) is 1. The molecule has 3 heterocycles. The number of hydrogen-bond donors (Lipinski definition) is 2. The Morgan fingerprint density at radius 2 is 1.97 bits per heavy atom. The van der Waals surface area contributed by atoms with Gasteiger partial charge in [0.05, 0.1) is 5.56 Å². The van der Waals surface area contributed by atoms with Crippen LogP contribution in [0.3, 0.4) is 0 Å². The van der Waals surface area contributed by atoms with Crippen molar-refractivity contribution < 1.29 is 19.2 Å². The minimum Gasteiger partial charge on any atom is -0.480 e. The minimum absolute atomic E-state index is 0.366. The van der Waals surface area contributed by atoms with E-state index < -0.39 is 12.0 Å². The topological polar surface area (TPSA) is 109 Å². The van der Waals surface area contributed by atoms with Crippen LogP contribution in [0.5, 0.6) is 0 Å². The number of aromatic nitrogens is 2. The molecule has 0 radical (unpaired) electrons. The first-order chi connectivity index (χ1) is 14.1. The Kier molecular flexibility index (Phi) is 4.77. The van der Waals surface area contributed by atoms with Crippen LogP contribution in [-0.2, 0) is 17.6 Å². The number of carboxylic acids is 1. The maximum atomic E-state index is 12.9. The van der Waals surface area contributed by atoms with Crippen molar-refractivity contribution in [2.45, 2.75) is 69.7 Å². The van der Waals surface area contributed by atoms with Crippen LogP contribution in [0, 0.1) is 0 Å². The van der Waals surface area contributed by atoms with Gasteiger partial charge >= 0.3 is 12.0 Å². The maximum Gasteiger partial charge on any atom is 0.326 e. The van der Waals surface area contributed by atoms with Crippen molar-refractivity contribution in [3.63, 3.8) is 0 Å². The van der Waals surface area contributed by atoms with E-state index in [4.69, 9.17) is 4.52 Å². The quantitative estimate of drug-likeness (QED) is 0.729. The molecule has 1 atom stereocenters. The molecular weight excluding hydrogens is 392 g/mol. The van der Waals surface area contributed by atoms with Gasteiger partial charge in [0.15, 0.2) is 5.82 Å². The molecule has 0 bridgehead atoms. The standard InChI is InChI=1S/C20H24N4O4S/c25-19(26)13-6-4-10-24(13)20(27)22-18-15(12-5-2-1-3-7-14(12)29-18)17-21-16(23-28-17)11-8-9-11/h11,13H,1-10H2,(H,22,27)(H,25,26)/t13-/m0/s1. The van der Waals surface area contributed by atoms with Crippen LogP contribution in [0.4, 0.5) is 9.80 Å². The van der Waals surface area contributed by atoms with E-state index in [-0.39, 0.29) is 6.03 Å². The van der Waals surface area contributed by atoms with Crippen molar-refractivity contribution in [3.8, 4) is 11.5 Å². The number of amides is 2. The van der Waals surface area contributed by atoms with Crippen molar-refractivity contribution in [2.24, 2.45) is 0 Å². The Labute approximate surface area is 172 Å². The molecule has 2 aromatic heterocycles. The van der Waals surface area contributed by atoms with Crippen LogP contribution in [0.15, 0.2) is 4.52 Å². The molecule has 0 unspecified atom stereocenters. The number of nitrogens with zero attached hydrogens (tertiary/aromatic N) is 3. The number of rotatable bonds is 4. The Balaban J connectivity index is 1.48. The van der Waals surface area contributed by atoms with E-state index in [0.717, 1.165) is 49.9 Å². The average molecular weight is 417 g/mol. The van der Waals surface area contributed by atoms with E-state index >= 15 is 0 Å². The molecule has 3 aliphatic rings.